The van der Waals surface area contributed by atoms with E-state index < -0.39 is 10.9 Å². The lowest BCUT2D eigenvalue weighted by atomic mass is 9.99. The molecule has 2 N–H and O–H groups in total. The Morgan fingerprint density at radius 2 is 2.25 bits per heavy atom. The number of rotatable bonds is 4. The van der Waals surface area contributed by atoms with Crippen LogP contribution in [0.4, 0.5) is 5.69 Å². The van der Waals surface area contributed by atoms with E-state index in [1.54, 1.807) is 0 Å². The zero-order valence-corrected chi connectivity index (χ0v) is 10.7. The summed E-state index contributed by atoms with van der Waals surface area (Å²) < 4.78 is 0. The van der Waals surface area contributed by atoms with E-state index in [4.69, 9.17) is 5.11 Å². The number of H-pyrrole nitrogens is 1. The summed E-state index contributed by atoms with van der Waals surface area (Å²) in [5.74, 6) is -1.34. The third-order valence-corrected chi connectivity index (χ3v) is 3.41. The smallest absolute Gasteiger partial charge is 0.305 e. The van der Waals surface area contributed by atoms with Gasteiger partial charge in [0, 0.05) is 18.7 Å². The fourth-order valence-corrected chi connectivity index (χ4v) is 2.45. The molecule has 1 fully saturated rings. The topological polar surface area (TPSA) is 117 Å². The van der Waals surface area contributed by atoms with Crippen molar-refractivity contribution in [2.45, 2.75) is 31.7 Å². The van der Waals surface area contributed by atoms with Crippen LogP contribution in [0.1, 0.15) is 36.2 Å². The number of carbonyl (C=O) groups is 2. The Labute approximate surface area is 114 Å². The molecule has 1 saturated heterocycles. The van der Waals surface area contributed by atoms with Gasteiger partial charge in [-0.1, -0.05) is 0 Å². The Hall–Kier alpha value is -2.38. The molecule has 0 aromatic carbocycles. The maximum Gasteiger partial charge on any atom is 0.305 e. The summed E-state index contributed by atoms with van der Waals surface area (Å²) in [4.78, 5) is 37.2. The van der Waals surface area contributed by atoms with E-state index in [2.05, 4.69) is 4.98 Å². The predicted molar refractivity (Wildman–Crippen MR) is 68.4 cm³/mol. The molecule has 1 unspecified atom stereocenters. The second kappa shape index (κ2) is 5.72. The molecule has 0 saturated carbocycles. The molecule has 1 aromatic rings. The summed E-state index contributed by atoms with van der Waals surface area (Å²) in [7, 11) is 0. The number of hydrogen-bond acceptors (Lipinski definition) is 4. The highest BCUT2D eigenvalue weighted by Crippen LogP contribution is 2.23. The van der Waals surface area contributed by atoms with Gasteiger partial charge in [-0.25, -0.2) is 0 Å². The van der Waals surface area contributed by atoms with E-state index in [0.29, 0.717) is 13.0 Å². The van der Waals surface area contributed by atoms with Crippen molar-refractivity contribution in [3.63, 3.8) is 0 Å². The van der Waals surface area contributed by atoms with Crippen molar-refractivity contribution in [2.24, 2.45) is 0 Å². The lowest BCUT2D eigenvalue weighted by Crippen LogP contribution is -2.44. The van der Waals surface area contributed by atoms with Crippen molar-refractivity contribution >= 4 is 17.6 Å². The van der Waals surface area contributed by atoms with Gasteiger partial charge in [0.15, 0.2) is 0 Å². The lowest BCUT2D eigenvalue weighted by Gasteiger charge is -2.34. The molecule has 8 heteroatoms. The first-order chi connectivity index (χ1) is 9.49. The number of nitro groups is 1. The number of likely N-dealkylation sites (tertiary alicyclic amines) is 1. The van der Waals surface area contributed by atoms with Crippen molar-refractivity contribution in [3.8, 4) is 0 Å². The number of aromatic amines is 1. The van der Waals surface area contributed by atoms with E-state index in [-0.39, 0.29) is 29.8 Å². The zero-order chi connectivity index (χ0) is 14.7. The molecule has 1 aliphatic rings. The first-order valence-electron chi connectivity index (χ1n) is 6.34. The Morgan fingerprint density at radius 3 is 2.85 bits per heavy atom. The largest absolute Gasteiger partial charge is 0.481 e. The molecular formula is C12H15N3O5. The quantitative estimate of drug-likeness (QED) is 0.639. The Bertz CT molecular complexity index is 539. The fraction of sp³-hybridized carbons (Fsp3) is 0.500. The van der Waals surface area contributed by atoms with Crippen molar-refractivity contribution in [2.75, 3.05) is 6.54 Å². The lowest BCUT2D eigenvalue weighted by molar-refractivity contribution is -0.384. The number of piperidine rings is 1. The normalized spacial score (nSPS) is 18.8. The number of hydrogen-bond donors (Lipinski definition) is 2. The number of amides is 1. The minimum Gasteiger partial charge on any atom is -0.481 e. The van der Waals surface area contributed by atoms with Crippen LogP contribution in [0.5, 0.6) is 0 Å². The van der Waals surface area contributed by atoms with Crippen LogP contribution in [0.2, 0.25) is 0 Å². The maximum absolute atomic E-state index is 12.3. The summed E-state index contributed by atoms with van der Waals surface area (Å²) in [6.07, 6.45) is 3.38. The average molecular weight is 281 g/mol. The maximum atomic E-state index is 12.3. The number of aromatic nitrogens is 1. The zero-order valence-electron chi connectivity index (χ0n) is 10.7. The molecule has 1 aromatic heterocycles. The SMILES string of the molecule is O=C(O)CC1CCCCN1C(=O)c1cc([N+](=O)[O-])c[nH]1. The molecule has 0 radical (unpaired) electrons. The number of aliphatic carboxylic acids is 1. The predicted octanol–water partition coefficient (Wildman–Crippen LogP) is 1.39. The van der Waals surface area contributed by atoms with Crippen LogP contribution in [0.15, 0.2) is 12.3 Å². The van der Waals surface area contributed by atoms with Crippen molar-refractivity contribution in [3.05, 3.63) is 28.1 Å². The summed E-state index contributed by atoms with van der Waals surface area (Å²) in [5.41, 5.74) is -0.0610. The van der Waals surface area contributed by atoms with Crippen LogP contribution in [0.3, 0.4) is 0 Å². The summed E-state index contributed by atoms with van der Waals surface area (Å²) in [6, 6.07) is 0.825. The monoisotopic (exact) mass is 281 g/mol. The van der Waals surface area contributed by atoms with E-state index in [1.165, 1.54) is 11.0 Å². The van der Waals surface area contributed by atoms with E-state index in [1.807, 2.05) is 0 Å². The van der Waals surface area contributed by atoms with E-state index >= 15 is 0 Å². The Balaban J connectivity index is 2.15. The highest BCUT2D eigenvalue weighted by atomic mass is 16.6. The highest BCUT2D eigenvalue weighted by molar-refractivity contribution is 5.93. The van der Waals surface area contributed by atoms with Crippen molar-refractivity contribution in [1.29, 1.82) is 0 Å². The Morgan fingerprint density at radius 1 is 1.50 bits per heavy atom. The molecular weight excluding hydrogens is 266 g/mol. The van der Waals surface area contributed by atoms with Crippen molar-refractivity contribution in [1.82, 2.24) is 9.88 Å². The summed E-state index contributed by atoms with van der Waals surface area (Å²) in [6.45, 7) is 0.476. The highest BCUT2D eigenvalue weighted by Gasteiger charge is 2.30. The molecule has 8 nitrogen and oxygen atoms in total. The minimum atomic E-state index is -0.952. The molecule has 0 bridgehead atoms. The molecule has 2 rings (SSSR count). The standard InChI is InChI=1S/C12H15N3O5/c16-11(17)6-8-3-1-2-4-14(8)12(18)10-5-9(7-13-10)15(19)20/h5,7-8,13H,1-4,6H2,(H,16,17). The van der Waals surface area contributed by atoms with Crippen LogP contribution in [0, 0.1) is 10.1 Å². The average Bonchev–Trinajstić information content (AvgIpc) is 2.87. The third kappa shape index (κ3) is 2.95. The van der Waals surface area contributed by atoms with Crippen LogP contribution < -0.4 is 0 Å². The number of nitrogens with one attached hydrogen (secondary N) is 1. The third-order valence-electron chi connectivity index (χ3n) is 3.41. The van der Waals surface area contributed by atoms with Crippen LogP contribution >= 0.6 is 0 Å². The van der Waals surface area contributed by atoms with Gasteiger partial charge in [-0.05, 0) is 19.3 Å². The summed E-state index contributed by atoms with van der Waals surface area (Å²) in [5, 5.41) is 19.5. The van der Waals surface area contributed by atoms with Gasteiger partial charge in [0.25, 0.3) is 11.6 Å². The van der Waals surface area contributed by atoms with Crippen LogP contribution in [0.25, 0.3) is 0 Å². The van der Waals surface area contributed by atoms with Crippen LogP contribution in [-0.2, 0) is 4.79 Å². The fourth-order valence-electron chi connectivity index (χ4n) is 2.45. The van der Waals surface area contributed by atoms with Crippen molar-refractivity contribution < 1.29 is 19.6 Å². The first-order valence-corrected chi connectivity index (χ1v) is 6.34. The number of carboxylic acid groups (broad SMARTS) is 1. The van der Waals surface area contributed by atoms with Crippen LogP contribution in [-0.4, -0.2) is 44.4 Å². The number of nitrogens with zero attached hydrogens (tertiary/aromatic N) is 2. The van der Waals surface area contributed by atoms with Gasteiger partial charge in [0.2, 0.25) is 0 Å². The molecule has 20 heavy (non-hydrogen) atoms. The second-order valence-electron chi connectivity index (χ2n) is 4.77. The summed E-state index contributed by atoms with van der Waals surface area (Å²) >= 11 is 0. The van der Waals surface area contributed by atoms with Gasteiger partial charge < -0.3 is 15.0 Å². The van der Waals surface area contributed by atoms with Gasteiger partial charge in [0.05, 0.1) is 17.5 Å². The molecule has 108 valence electrons. The molecule has 0 aliphatic carbocycles. The molecule has 2 heterocycles. The molecule has 1 amide bonds. The van der Waals surface area contributed by atoms with Gasteiger partial charge in [-0.2, -0.15) is 0 Å². The molecule has 1 atom stereocenters. The minimum absolute atomic E-state index is 0.103. The molecule has 0 spiro atoms. The molecule has 1 aliphatic heterocycles. The van der Waals surface area contributed by atoms with E-state index in [0.717, 1.165) is 19.0 Å². The van der Waals surface area contributed by atoms with Gasteiger partial charge in [-0.3, -0.25) is 19.7 Å². The Kier molecular flexibility index (Phi) is 4.02. The second-order valence-corrected chi connectivity index (χ2v) is 4.77. The number of carboxylic acids is 1. The van der Waals surface area contributed by atoms with Gasteiger partial charge in [-0.15, -0.1) is 0 Å². The first kappa shape index (κ1) is 14.0. The van der Waals surface area contributed by atoms with E-state index in [9.17, 15) is 19.7 Å². The number of carbonyl (C=O) groups excluding carboxylic acids is 1. The van der Waals surface area contributed by atoms with Gasteiger partial charge in [0.1, 0.15) is 5.69 Å². The van der Waals surface area contributed by atoms with Gasteiger partial charge >= 0.3 is 5.97 Å².